The summed E-state index contributed by atoms with van der Waals surface area (Å²) in [6, 6.07) is 7.64. The SMILES string of the molecule is O=C(C1=CC=CN2CCS(=O)(=O)N=C12)N1CCN(c2ccccc2Cl)CC1. The van der Waals surface area contributed by atoms with Crippen LogP contribution in [0.4, 0.5) is 5.69 Å². The van der Waals surface area contributed by atoms with Crippen molar-refractivity contribution in [3.63, 3.8) is 0 Å². The molecule has 142 valence electrons. The molecule has 1 saturated heterocycles. The average molecular weight is 407 g/mol. The number of nitrogens with zero attached hydrogens (tertiary/aromatic N) is 4. The van der Waals surface area contributed by atoms with E-state index in [0.29, 0.717) is 43.3 Å². The third-order valence-corrected chi connectivity index (χ3v) is 6.32. The molecule has 7 nitrogen and oxygen atoms in total. The third kappa shape index (κ3) is 3.59. The predicted octanol–water partition coefficient (Wildman–Crippen LogP) is 1.49. The Morgan fingerprint density at radius 2 is 1.81 bits per heavy atom. The second-order valence-electron chi connectivity index (χ2n) is 6.55. The lowest BCUT2D eigenvalue weighted by molar-refractivity contribution is -0.126. The van der Waals surface area contributed by atoms with Crippen LogP contribution >= 0.6 is 11.6 Å². The monoisotopic (exact) mass is 406 g/mol. The quantitative estimate of drug-likeness (QED) is 0.744. The van der Waals surface area contributed by atoms with Gasteiger partial charge in [-0.2, -0.15) is 0 Å². The molecule has 0 saturated carbocycles. The normalized spacial score (nSPS) is 21.4. The van der Waals surface area contributed by atoms with Gasteiger partial charge in [-0.15, -0.1) is 4.40 Å². The highest BCUT2D eigenvalue weighted by Crippen LogP contribution is 2.27. The first-order chi connectivity index (χ1) is 12.9. The molecule has 1 aromatic rings. The van der Waals surface area contributed by atoms with E-state index in [9.17, 15) is 13.2 Å². The van der Waals surface area contributed by atoms with Gasteiger partial charge in [0.05, 0.1) is 22.0 Å². The van der Waals surface area contributed by atoms with Gasteiger partial charge in [0.15, 0.2) is 5.84 Å². The van der Waals surface area contributed by atoms with E-state index in [0.717, 1.165) is 5.69 Å². The first-order valence-corrected chi connectivity index (χ1v) is 10.7. The minimum absolute atomic E-state index is 0.0428. The number of amidine groups is 1. The number of rotatable bonds is 2. The number of hydrogen-bond donors (Lipinski definition) is 0. The smallest absolute Gasteiger partial charge is 0.257 e. The molecule has 0 aliphatic carbocycles. The minimum atomic E-state index is -3.52. The molecule has 0 radical (unpaired) electrons. The number of para-hydroxylation sites is 1. The van der Waals surface area contributed by atoms with Crippen molar-refractivity contribution < 1.29 is 13.2 Å². The summed E-state index contributed by atoms with van der Waals surface area (Å²) in [7, 11) is -3.52. The number of sulfonamides is 1. The number of fused-ring (bicyclic) bond motifs is 1. The highest BCUT2D eigenvalue weighted by Gasteiger charge is 2.33. The van der Waals surface area contributed by atoms with Crippen LogP contribution in [0.5, 0.6) is 0 Å². The van der Waals surface area contributed by atoms with Crippen LogP contribution in [-0.4, -0.2) is 68.4 Å². The van der Waals surface area contributed by atoms with E-state index >= 15 is 0 Å². The highest BCUT2D eigenvalue weighted by atomic mass is 35.5. The van der Waals surface area contributed by atoms with Crippen LogP contribution in [0.15, 0.2) is 52.6 Å². The molecule has 3 aliphatic heterocycles. The number of carbonyl (C=O) groups is 1. The van der Waals surface area contributed by atoms with Crippen molar-refractivity contribution in [2.45, 2.75) is 0 Å². The third-order valence-electron chi connectivity index (χ3n) is 4.85. The second-order valence-corrected chi connectivity index (χ2v) is 8.71. The number of hydrogen-bond acceptors (Lipinski definition) is 5. The molecule has 0 aromatic heterocycles. The fraction of sp³-hybridized carbons (Fsp3) is 0.333. The molecule has 1 amide bonds. The lowest BCUT2D eigenvalue weighted by atomic mass is 10.1. The van der Waals surface area contributed by atoms with Crippen LogP contribution in [0, 0.1) is 0 Å². The zero-order chi connectivity index (χ0) is 19.0. The van der Waals surface area contributed by atoms with Crippen LogP contribution in [-0.2, 0) is 14.8 Å². The number of amides is 1. The summed E-state index contributed by atoms with van der Waals surface area (Å²) in [4.78, 5) is 18.6. The molecule has 1 fully saturated rings. The minimum Gasteiger partial charge on any atom is -0.367 e. The summed E-state index contributed by atoms with van der Waals surface area (Å²) in [5, 5.41) is 0.690. The van der Waals surface area contributed by atoms with Crippen molar-refractivity contribution in [3.05, 3.63) is 53.2 Å². The van der Waals surface area contributed by atoms with E-state index in [1.165, 1.54) is 0 Å². The Bertz CT molecular complexity index is 963. The highest BCUT2D eigenvalue weighted by molar-refractivity contribution is 7.90. The number of piperazine rings is 1. The molecule has 4 rings (SSSR count). The van der Waals surface area contributed by atoms with Crippen LogP contribution in [0.1, 0.15) is 0 Å². The number of benzene rings is 1. The van der Waals surface area contributed by atoms with E-state index in [4.69, 9.17) is 11.6 Å². The number of anilines is 1. The largest absolute Gasteiger partial charge is 0.367 e. The van der Waals surface area contributed by atoms with Crippen molar-refractivity contribution in [2.24, 2.45) is 4.40 Å². The predicted molar refractivity (Wildman–Crippen MR) is 105 cm³/mol. The Morgan fingerprint density at radius 3 is 2.56 bits per heavy atom. The molecule has 3 heterocycles. The molecular weight excluding hydrogens is 388 g/mol. The number of carbonyl (C=O) groups excluding carboxylic acids is 1. The molecule has 1 aromatic carbocycles. The van der Waals surface area contributed by atoms with Crippen molar-refractivity contribution in [1.82, 2.24) is 9.80 Å². The maximum absolute atomic E-state index is 13.0. The van der Waals surface area contributed by atoms with Crippen molar-refractivity contribution in [1.29, 1.82) is 0 Å². The van der Waals surface area contributed by atoms with Crippen LogP contribution in [0.2, 0.25) is 5.02 Å². The Labute approximate surface area is 163 Å². The van der Waals surface area contributed by atoms with Gasteiger partial charge in [0.1, 0.15) is 0 Å². The lowest BCUT2D eigenvalue weighted by Crippen LogP contribution is -2.51. The fourth-order valence-electron chi connectivity index (χ4n) is 3.41. The Kier molecular flexibility index (Phi) is 4.69. The summed E-state index contributed by atoms with van der Waals surface area (Å²) in [5.41, 5.74) is 1.28. The first kappa shape index (κ1) is 18.1. The second kappa shape index (κ2) is 7.01. The van der Waals surface area contributed by atoms with Crippen LogP contribution < -0.4 is 4.90 Å². The van der Waals surface area contributed by atoms with Gasteiger partial charge < -0.3 is 14.7 Å². The molecular formula is C18H19ClN4O3S. The molecule has 27 heavy (non-hydrogen) atoms. The molecule has 0 spiro atoms. The van der Waals surface area contributed by atoms with Crippen molar-refractivity contribution >= 4 is 39.1 Å². The van der Waals surface area contributed by atoms with Gasteiger partial charge in [-0.3, -0.25) is 4.79 Å². The zero-order valence-electron chi connectivity index (χ0n) is 14.6. The molecule has 9 heteroatoms. The van der Waals surface area contributed by atoms with Gasteiger partial charge in [0.25, 0.3) is 15.9 Å². The summed E-state index contributed by atoms with van der Waals surface area (Å²) < 4.78 is 27.6. The van der Waals surface area contributed by atoms with E-state index in [1.54, 1.807) is 28.2 Å². The Morgan fingerprint density at radius 1 is 1.07 bits per heavy atom. The van der Waals surface area contributed by atoms with E-state index < -0.39 is 10.0 Å². The van der Waals surface area contributed by atoms with E-state index in [1.807, 2.05) is 24.3 Å². The van der Waals surface area contributed by atoms with E-state index in [2.05, 4.69) is 9.30 Å². The first-order valence-electron chi connectivity index (χ1n) is 8.71. The van der Waals surface area contributed by atoms with Gasteiger partial charge in [0.2, 0.25) is 0 Å². The summed E-state index contributed by atoms with van der Waals surface area (Å²) in [5.74, 6) is -0.0139. The summed E-state index contributed by atoms with van der Waals surface area (Å²) in [6.07, 6.45) is 5.14. The Balaban J connectivity index is 1.50. The Hall–Kier alpha value is -2.32. The molecule has 0 atom stereocenters. The van der Waals surface area contributed by atoms with E-state index in [-0.39, 0.29) is 17.5 Å². The average Bonchev–Trinajstić information content (AvgIpc) is 2.67. The van der Waals surface area contributed by atoms with Gasteiger partial charge in [-0.25, -0.2) is 8.42 Å². The maximum Gasteiger partial charge on any atom is 0.257 e. The zero-order valence-corrected chi connectivity index (χ0v) is 16.2. The van der Waals surface area contributed by atoms with Gasteiger partial charge in [-0.05, 0) is 24.3 Å². The molecule has 0 unspecified atom stereocenters. The number of allylic oxidation sites excluding steroid dienone is 2. The van der Waals surface area contributed by atoms with Gasteiger partial charge in [0, 0.05) is 38.9 Å². The number of halogens is 1. The maximum atomic E-state index is 13.0. The van der Waals surface area contributed by atoms with Gasteiger partial charge in [-0.1, -0.05) is 23.7 Å². The van der Waals surface area contributed by atoms with Crippen LogP contribution in [0.3, 0.4) is 0 Å². The fourth-order valence-corrected chi connectivity index (χ4v) is 4.65. The topological polar surface area (TPSA) is 73.3 Å². The lowest BCUT2D eigenvalue weighted by Gasteiger charge is -2.38. The van der Waals surface area contributed by atoms with Crippen molar-refractivity contribution in [2.75, 3.05) is 43.4 Å². The van der Waals surface area contributed by atoms with Crippen molar-refractivity contribution in [3.8, 4) is 0 Å². The molecule has 0 bridgehead atoms. The van der Waals surface area contributed by atoms with Crippen LogP contribution in [0.25, 0.3) is 0 Å². The van der Waals surface area contributed by atoms with Gasteiger partial charge >= 0.3 is 0 Å². The molecule has 0 N–H and O–H groups in total. The summed E-state index contributed by atoms with van der Waals surface area (Å²) >= 11 is 6.26. The summed E-state index contributed by atoms with van der Waals surface area (Å²) in [6.45, 7) is 2.69. The standard InChI is InChI=1S/C18H19ClN4O3S/c19-15-5-1-2-6-16(15)21-8-10-23(11-9-21)18(24)14-4-3-7-22-12-13-27(25,26)20-17(14)22/h1-7H,8-13H2. The molecule has 3 aliphatic rings.